The summed E-state index contributed by atoms with van der Waals surface area (Å²) in [5.41, 5.74) is 0. The summed E-state index contributed by atoms with van der Waals surface area (Å²) in [6.07, 6.45) is 7.87. The number of carbonyl (C=O) groups is 1. The van der Waals surface area contributed by atoms with Gasteiger partial charge in [0.05, 0.1) is 47.4 Å². The third-order valence-corrected chi connectivity index (χ3v) is 13.7. The van der Waals surface area contributed by atoms with Crippen LogP contribution in [0.2, 0.25) is 0 Å². The monoisotopic (exact) mass is 778 g/mol. The Bertz CT molecular complexity index is 1430. The fraction of sp³-hybridized carbons (Fsp3) is 0.968. The third kappa shape index (κ3) is 12.2. The SMILES string of the molecule is COC1CC(N=NC2CCCC(S(=O)(=O)O)C2)CCC1NC1NC(NCCO)NC(NC2CCC(N=NC3CCCC(S(=O)(=O)O)C3)CC2C=O)N1. The maximum absolute atomic E-state index is 12.3. The van der Waals surface area contributed by atoms with Crippen molar-refractivity contribution in [3.05, 3.63) is 0 Å². The fourth-order valence-corrected chi connectivity index (χ4v) is 10.1. The largest absolute Gasteiger partial charge is 0.395 e. The molecular formula is C31H58N10O9S2. The summed E-state index contributed by atoms with van der Waals surface area (Å²) in [4.78, 5) is 12.3. The Kier molecular flexibility index (Phi) is 15.4. The molecule has 13 unspecified atom stereocenters. The Morgan fingerprint density at radius 2 is 1.15 bits per heavy atom. The highest BCUT2D eigenvalue weighted by molar-refractivity contribution is 7.86. The summed E-state index contributed by atoms with van der Waals surface area (Å²) in [5, 5.41) is 46.6. The third-order valence-electron chi connectivity index (χ3n) is 11.2. The molecule has 298 valence electrons. The maximum Gasteiger partial charge on any atom is 0.267 e. The van der Waals surface area contributed by atoms with E-state index in [1.165, 1.54) is 0 Å². The smallest absolute Gasteiger partial charge is 0.267 e. The number of carbonyl (C=O) groups excluding carboxylic acids is 1. The molecule has 4 saturated carbocycles. The molecule has 9 N–H and O–H groups in total. The van der Waals surface area contributed by atoms with E-state index in [4.69, 9.17) is 4.74 Å². The molecule has 0 spiro atoms. The molecule has 1 saturated heterocycles. The molecule has 5 rings (SSSR count). The first kappa shape index (κ1) is 41.5. The number of aldehydes is 1. The number of rotatable bonds is 15. The van der Waals surface area contributed by atoms with E-state index in [0.29, 0.717) is 57.9 Å². The Hall–Kier alpha value is -1.63. The van der Waals surface area contributed by atoms with Crippen LogP contribution in [0.1, 0.15) is 89.9 Å². The Labute approximate surface area is 306 Å². The Morgan fingerprint density at radius 1 is 0.673 bits per heavy atom. The van der Waals surface area contributed by atoms with E-state index < -0.39 is 37.0 Å². The lowest BCUT2D eigenvalue weighted by molar-refractivity contribution is -0.113. The van der Waals surface area contributed by atoms with Crippen LogP contribution < -0.4 is 31.9 Å². The number of aliphatic hydroxyl groups excluding tert-OH is 1. The van der Waals surface area contributed by atoms with Crippen molar-refractivity contribution in [2.24, 2.45) is 26.4 Å². The minimum Gasteiger partial charge on any atom is -0.395 e. The first-order chi connectivity index (χ1) is 24.8. The normalized spacial score (nSPS) is 39.9. The van der Waals surface area contributed by atoms with Gasteiger partial charge in [-0.1, -0.05) is 0 Å². The molecule has 0 amide bonds. The van der Waals surface area contributed by atoms with Crippen molar-refractivity contribution in [1.29, 1.82) is 0 Å². The van der Waals surface area contributed by atoms with Crippen LogP contribution in [0.3, 0.4) is 0 Å². The van der Waals surface area contributed by atoms with Crippen molar-refractivity contribution in [3.63, 3.8) is 0 Å². The Morgan fingerprint density at radius 3 is 1.65 bits per heavy atom. The molecule has 52 heavy (non-hydrogen) atoms. The van der Waals surface area contributed by atoms with Gasteiger partial charge in [0.15, 0.2) is 0 Å². The van der Waals surface area contributed by atoms with Gasteiger partial charge in [0.1, 0.15) is 25.2 Å². The molecule has 0 bridgehead atoms. The van der Waals surface area contributed by atoms with Crippen LogP contribution in [0.15, 0.2) is 20.5 Å². The molecule has 13 atom stereocenters. The van der Waals surface area contributed by atoms with E-state index in [9.17, 15) is 35.8 Å². The summed E-state index contributed by atoms with van der Waals surface area (Å²) < 4.78 is 71.3. The number of aliphatic hydroxyl groups is 1. The van der Waals surface area contributed by atoms with Gasteiger partial charge in [0.25, 0.3) is 20.2 Å². The first-order valence-electron chi connectivity index (χ1n) is 18.7. The highest BCUT2D eigenvalue weighted by atomic mass is 32.2. The lowest BCUT2D eigenvalue weighted by Crippen LogP contribution is -2.79. The molecule has 19 nitrogen and oxygen atoms in total. The quantitative estimate of drug-likeness (QED) is 0.0617. The molecular weight excluding hydrogens is 721 g/mol. The summed E-state index contributed by atoms with van der Waals surface area (Å²) in [7, 11) is -6.53. The van der Waals surface area contributed by atoms with Crippen molar-refractivity contribution in [1.82, 2.24) is 31.9 Å². The lowest BCUT2D eigenvalue weighted by atomic mass is 9.82. The van der Waals surface area contributed by atoms with Crippen molar-refractivity contribution < 1.29 is 40.6 Å². The number of methoxy groups -OCH3 is 1. The molecule has 0 aromatic heterocycles. The van der Waals surface area contributed by atoms with Gasteiger partial charge in [-0.15, -0.1) is 0 Å². The maximum atomic E-state index is 12.3. The van der Waals surface area contributed by atoms with Crippen LogP contribution in [0.4, 0.5) is 0 Å². The van der Waals surface area contributed by atoms with Crippen LogP contribution in [0.5, 0.6) is 0 Å². The lowest BCUT2D eigenvalue weighted by Gasteiger charge is -2.45. The molecule has 0 aromatic rings. The molecule has 5 aliphatic rings. The number of nitrogens with zero attached hydrogens (tertiary/aromatic N) is 4. The highest BCUT2D eigenvalue weighted by Crippen LogP contribution is 2.31. The number of azo groups is 2. The van der Waals surface area contributed by atoms with Crippen LogP contribution in [-0.4, -0.2) is 129 Å². The predicted octanol–water partition coefficient (Wildman–Crippen LogP) is 0.355. The standard InChI is InChI=1S/C31H58N10O9S2/c1-50-28-17-23(41-39-21-5-3-7-25(16-21)52(47,48)49)9-11-27(28)34-31-36-29(32-12-13-42)35-30(37-31)33-26-10-8-22(14-19(26)18-43)40-38-20-4-2-6-24(15-20)51(44,45)46/h18-37,42H,2-17H2,1H3,(H,44,45,46)(H,47,48,49). The number of ether oxygens (including phenoxy) is 1. The molecule has 21 heteroatoms. The van der Waals surface area contributed by atoms with Gasteiger partial charge in [0.2, 0.25) is 0 Å². The number of nitrogens with one attached hydrogen (secondary N) is 6. The van der Waals surface area contributed by atoms with E-state index in [0.717, 1.165) is 32.0 Å². The van der Waals surface area contributed by atoms with E-state index in [1.807, 2.05) is 0 Å². The minimum atomic E-state index is -4.10. The Balaban J connectivity index is 1.13. The van der Waals surface area contributed by atoms with Gasteiger partial charge in [-0.25, -0.2) is 0 Å². The van der Waals surface area contributed by atoms with Gasteiger partial charge in [-0.05, 0) is 89.9 Å². The predicted molar refractivity (Wildman–Crippen MR) is 190 cm³/mol. The van der Waals surface area contributed by atoms with Gasteiger partial charge < -0.3 is 14.6 Å². The van der Waals surface area contributed by atoms with Gasteiger partial charge >= 0.3 is 0 Å². The average molecular weight is 779 g/mol. The first-order valence-corrected chi connectivity index (χ1v) is 21.7. The van der Waals surface area contributed by atoms with Crippen LogP contribution in [-0.2, 0) is 29.8 Å². The summed E-state index contributed by atoms with van der Waals surface area (Å²) >= 11 is 0. The zero-order chi connectivity index (χ0) is 37.3. The summed E-state index contributed by atoms with van der Waals surface area (Å²) in [6.45, 7) is 0.306. The molecule has 4 aliphatic carbocycles. The van der Waals surface area contributed by atoms with Gasteiger partial charge in [0, 0.05) is 31.7 Å². The van der Waals surface area contributed by atoms with E-state index in [-0.39, 0.29) is 80.3 Å². The fourth-order valence-electron chi connectivity index (χ4n) is 8.27. The van der Waals surface area contributed by atoms with Crippen LogP contribution >= 0.6 is 0 Å². The van der Waals surface area contributed by atoms with Crippen LogP contribution in [0.25, 0.3) is 0 Å². The zero-order valence-corrected chi connectivity index (χ0v) is 31.4. The van der Waals surface area contributed by atoms with Crippen molar-refractivity contribution in [3.8, 4) is 0 Å². The van der Waals surface area contributed by atoms with Crippen molar-refractivity contribution in [2.45, 2.75) is 162 Å². The molecule has 1 aliphatic heterocycles. The van der Waals surface area contributed by atoms with Gasteiger partial charge in [-0.2, -0.15) is 37.3 Å². The minimum absolute atomic E-state index is 0.0299. The van der Waals surface area contributed by atoms with Gasteiger partial charge in [-0.3, -0.25) is 41.0 Å². The number of hydrogen-bond acceptors (Lipinski definition) is 17. The van der Waals surface area contributed by atoms with E-state index in [1.54, 1.807) is 7.11 Å². The molecule has 0 aromatic carbocycles. The van der Waals surface area contributed by atoms with Crippen LogP contribution in [0, 0.1) is 5.92 Å². The second-order valence-corrected chi connectivity index (χ2v) is 18.3. The summed E-state index contributed by atoms with van der Waals surface area (Å²) in [5.74, 6) is -0.321. The second kappa shape index (κ2) is 19.3. The molecule has 0 radical (unpaired) electrons. The van der Waals surface area contributed by atoms with E-state index >= 15 is 0 Å². The number of hydrogen-bond donors (Lipinski definition) is 9. The zero-order valence-electron chi connectivity index (χ0n) is 29.8. The second-order valence-electron chi connectivity index (χ2n) is 14.9. The van der Waals surface area contributed by atoms with Crippen molar-refractivity contribution in [2.75, 3.05) is 20.3 Å². The highest BCUT2D eigenvalue weighted by Gasteiger charge is 2.38. The van der Waals surface area contributed by atoms with Crippen molar-refractivity contribution >= 4 is 26.5 Å². The topological polar surface area (TPSA) is 277 Å². The molecule has 5 fully saturated rings. The average Bonchev–Trinajstić information content (AvgIpc) is 3.12. The summed E-state index contributed by atoms with van der Waals surface area (Å²) in [6, 6.07) is -0.880. The molecule has 1 heterocycles. The van der Waals surface area contributed by atoms with E-state index in [2.05, 4.69) is 52.4 Å².